The van der Waals surface area contributed by atoms with Gasteiger partial charge in [-0.1, -0.05) is 12.1 Å². The van der Waals surface area contributed by atoms with E-state index in [0.29, 0.717) is 12.2 Å². The van der Waals surface area contributed by atoms with Crippen LogP contribution in [0.4, 0.5) is 4.39 Å². The third-order valence-corrected chi connectivity index (χ3v) is 2.56. The average Bonchev–Trinajstić information content (AvgIpc) is 2.79. The number of hydrogen-bond acceptors (Lipinski definition) is 1. The number of amides is 1. The molecule has 1 amide bonds. The molecule has 0 atom stereocenters. The van der Waals surface area contributed by atoms with Crippen LogP contribution in [0.15, 0.2) is 42.6 Å². The Labute approximate surface area is 98.9 Å². The quantitative estimate of drug-likeness (QED) is 0.863. The summed E-state index contributed by atoms with van der Waals surface area (Å²) in [7, 11) is 1.59. The van der Waals surface area contributed by atoms with E-state index in [-0.39, 0.29) is 11.7 Å². The third-order valence-electron chi connectivity index (χ3n) is 2.56. The summed E-state index contributed by atoms with van der Waals surface area (Å²) in [6.45, 7) is 0.552. The van der Waals surface area contributed by atoms with Crippen molar-refractivity contribution in [3.05, 3.63) is 59.7 Å². The number of halogens is 1. The van der Waals surface area contributed by atoms with Gasteiger partial charge in [0.2, 0.25) is 0 Å². The van der Waals surface area contributed by atoms with Crippen molar-refractivity contribution < 1.29 is 9.18 Å². The van der Waals surface area contributed by atoms with Crippen molar-refractivity contribution in [2.24, 2.45) is 0 Å². The van der Waals surface area contributed by atoms with Gasteiger partial charge in [-0.05, 0) is 29.8 Å². The van der Waals surface area contributed by atoms with E-state index in [1.165, 1.54) is 12.1 Å². The van der Waals surface area contributed by atoms with Crippen LogP contribution in [-0.2, 0) is 6.54 Å². The number of rotatable bonds is 3. The molecule has 0 aliphatic carbocycles. The fourth-order valence-electron chi connectivity index (χ4n) is 1.67. The minimum atomic E-state index is -0.257. The molecule has 2 aromatic rings. The standard InChI is InChI=1S/C13H13FN2O/c1-15-13(17)12-3-2-8-16(12)9-10-4-6-11(14)7-5-10/h2-8H,9H2,1H3,(H,15,17). The molecule has 0 aliphatic rings. The lowest BCUT2D eigenvalue weighted by molar-refractivity contribution is 0.0954. The number of carbonyl (C=O) groups is 1. The summed E-state index contributed by atoms with van der Waals surface area (Å²) in [5.41, 5.74) is 1.55. The molecule has 88 valence electrons. The molecule has 0 saturated carbocycles. The van der Waals surface area contributed by atoms with Crippen LogP contribution >= 0.6 is 0 Å². The van der Waals surface area contributed by atoms with Gasteiger partial charge in [0.1, 0.15) is 11.5 Å². The minimum absolute atomic E-state index is 0.128. The van der Waals surface area contributed by atoms with Crippen molar-refractivity contribution in [1.29, 1.82) is 0 Å². The van der Waals surface area contributed by atoms with Crippen LogP contribution in [0.25, 0.3) is 0 Å². The number of nitrogens with zero attached hydrogens (tertiary/aromatic N) is 1. The van der Waals surface area contributed by atoms with Crippen molar-refractivity contribution in [1.82, 2.24) is 9.88 Å². The molecular formula is C13H13FN2O. The molecule has 4 heteroatoms. The third kappa shape index (κ3) is 2.53. The van der Waals surface area contributed by atoms with E-state index in [1.54, 1.807) is 25.2 Å². The van der Waals surface area contributed by atoms with Crippen LogP contribution in [0.2, 0.25) is 0 Å². The maximum Gasteiger partial charge on any atom is 0.267 e. The SMILES string of the molecule is CNC(=O)c1cccn1Cc1ccc(F)cc1. The number of aromatic nitrogens is 1. The number of hydrogen-bond donors (Lipinski definition) is 1. The average molecular weight is 232 g/mol. The van der Waals surface area contributed by atoms with Gasteiger partial charge < -0.3 is 9.88 Å². The summed E-state index contributed by atoms with van der Waals surface area (Å²) in [6.07, 6.45) is 1.83. The molecule has 3 nitrogen and oxygen atoms in total. The van der Waals surface area contributed by atoms with Gasteiger partial charge in [-0.25, -0.2) is 4.39 Å². The smallest absolute Gasteiger partial charge is 0.267 e. The predicted octanol–water partition coefficient (Wildman–Crippen LogP) is 2.04. The normalized spacial score (nSPS) is 10.2. The molecule has 1 N–H and O–H groups in total. The molecule has 0 unspecified atom stereocenters. The topological polar surface area (TPSA) is 34.0 Å². The summed E-state index contributed by atoms with van der Waals surface area (Å²) in [5, 5.41) is 2.58. The highest BCUT2D eigenvalue weighted by Gasteiger charge is 2.08. The van der Waals surface area contributed by atoms with Gasteiger partial charge in [0, 0.05) is 19.8 Å². The maximum atomic E-state index is 12.8. The highest BCUT2D eigenvalue weighted by molar-refractivity contribution is 5.92. The molecular weight excluding hydrogens is 219 g/mol. The number of nitrogens with one attached hydrogen (secondary N) is 1. The first-order valence-electron chi connectivity index (χ1n) is 5.32. The largest absolute Gasteiger partial charge is 0.354 e. The van der Waals surface area contributed by atoms with E-state index in [0.717, 1.165) is 5.56 Å². The first kappa shape index (κ1) is 11.4. The zero-order valence-corrected chi connectivity index (χ0v) is 9.48. The van der Waals surface area contributed by atoms with Crippen LogP contribution in [0, 0.1) is 5.82 Å². The van der Waals surface area contributed by atoms with Gasteiger partial charge in [-0.15, -0.1) is 0 Å². The van der Waals surface area contributed by atoms with Gasteiger partial charge in [0.05, 0.1) is 0 Å². The molecule has 0 aliphatic heterocycles. The van der Waals surface area contributed by atoms with E-state index in [4.69, 9.17) is 0 Å². The lowest BCUT2D eigenvalue weighted by Gasteiger charge is -2.08. The van der Waals surface area contributed by atoms with Crippen molar-refractivity contribution in [2.75, 3.05) is 7.05 Å². The molecule has 0 saturated heterocycles. The fraction of sp³-hybridized carbons (Fsp3) is 0.154. The lowest BCUT2D eigenvalue weighted by atomic mass is 10.2. The molecule has 0 radical (unpaired) electrons. The molecule has 1 aromatic heterocycles. The van der Waals surface area contributed by atoms with Gasteiger partial charge >= 0.3 is 0 Å². The minimum Gasteiger partial charge on any atom is -0.354 e. The Kier molecular flexibility index (Phi) is 3.23. The Morgan fingerprint density at radius 3 is 2.65 bits per heavy atom. The summed E-state index contributed by atoms with van der Waals surface area (Å²) < 4.78 is 14.6. The second kappa shape index (κ2) is 4.82. The maximum absolute atomic E-state index is 12.8. The molecule has 17 heavy (non-hydrogen) atoms. The van der Waals surface area contributed by atoms with E-state index < -0.39 is 0 Å². The van der Waals surface area contributed by atoms with Crippen LogP contribution in [-0.4, -0.2) is 17.5 Å². The second-order valence-electron chi connectivity index (χ2n) is 3.73. The molecule has 2 rings (SSSR count). The summed E-state index contributed by atoms with van der Waals surface area (Å²) >= 11 is 0. The summed E-state index contributed by atoms with van der Waals surface area (Å²) in [5.74, 6) is -0.384. The van der Waals surface area contributed by atoms with Gasteiger partial charge in [0.25, 0.3) is 5.91 Å². The van der Waals surface area contributed by atoms with Crippen molar-refractivity contribution in [3.63, 3.8) is 0 Å². The fourth-order valence-corrected chi connectivity index (χ4v) is 1.67. The first-order valence-corrected chi connectivity index (χ1v) is 5.32. The molecule has 1 heterocycles. The van der Waals surface area contributed by atoms with Crippen molar-refractivity contribution in [3.8, 4) is 0 Å². The van der Waals surface area contributed by atoms with Gasteiger partial charge in [-0.2, -0.15) is 0 Å². The van der Waals surface area contributed by atoms with E-state index in [1.807, 2.05) is 16.8 Å². The Balaban J connectivity index is 2.21. The zero-order valence-electron chi connectivity index (χ0n) is 9.48. The van der Waals surface area contributed by atoms with E-state index in [2.05, 4.69) is 5.32 Å². The number of benzene rings is 1. The first-order chi connectivity index (χ1) is 8.20. The molecule has 0 spiro atoms. The Morgan fingerprint density at radius 1 is 1.29 bits per heavy atom. The van der Waals surface area contributed by atoms with Crippen LogP contribution < -0.4 is 5.32 Å². The van der Waals surface area contributed by atoms with E-state index in [9.17, 15) is 9.18 Å². The van der Waals surface area contributed by atoms with E-state index >= 15 is 0 Å². The van der Waals surface area contributed by atoms with Crippen LogP contribution in [0.3, 0.4) is 0 Å². The lowest BCUT2D eigenvalue weighted by Crippen LogP contribution is -2.21. The molecule has 0 bridgehead atoms. The van der Waals surface area contributed by atoms with Gasteiger partial charge in [-0.3, -0.25) is 4.79 Å². The monoisotopic (exact) mass is 232 g/mol. The molecule has 0 fully saturated rings. The second-order valence-corrected chi connectivity index (χ2v) is 3.73. The summed E-state index contributed by atoms with van der Waals surface area (Å²) in [4.78, 5) is 11.5. The predicted molar refractivity (Wildman–Crippen MR) is 63.3 cm³/mol. The highest BCUT2D eigenvalue weighted by atomic mass is 19.1. The van der Waals surface area contributed by atoms with Crippen LogP contribution in [0.1, 0.15) is 16.1 Å². The van der Waals surface area contributed by atoms with Crippen molar-refractivity contribution >= 4 is 5.91 Å². The highest BCUT2D eigenvalue weighted by Crippen LogP contribution is 2.09. The van der Waals surface area contributed by atoms with Gasteiger partial charge in [0.15, 0.2) is 0 Å². The Bertz CT molecular complexity index is 516. The Morgan fingerprint density at radius 2 is 2.00 bits per heavy atom. The zero-order chi connectivity index (χ0) is 12.3. The molecule has 1 aromatic carbocycles. The summed E-state index contributed by atoms with van der Waals surface area (Å²) in [6, 6.07) is 9.82. The van der Waals surface area contributed by atoms with Crippen LogP contribution in [0.5, 0.6) is 0 Å². The Hall–Kier alpha value is -2.10. The van der Waals surface area contributed by atoms with Crippen molar-refractivity contribution in [2.45, 2.75) is 6.54 Å². The number of carbonyl (C=O) groups excluding carboxylic acids is 1.